The minimum Gasteiger partial charge on any atom is -0.488 e. The molecule has 1 amide bonds. The van der Waals surface area contributed by atoms with Gasteiger partial charge in [0.05, 0.1) is 5.56 Å². The van der Waals surface area contributed by atoms with E-state index < -0.39 is 0 Å². The average Bonchev–Trinajstić information content (AvgIpc) is 3.34. The molecule has 4 aromatic carbocycles. The van der Waals surface area contributed by atoms with E-state index in [2.05, 4.69) is 41.9 Å². The summed E-state index contributed by atoms with van der Waals surface area (Å²) in [4.78, 5) is 15.8. The highest BCUT2D eigenvalue weighted by Gasteiger charge is 2.28. The van der Waals surface area contributed by atoms with Crippen molar-refractivity contribution in [3.63, 3.8) is 0 Å². The number of fused-ring (bicyclic) bond motifs is 1. The van der Waals surface area contributed by atoms with Gasteiger partial charge in [-0.1, -0.05) is 96.5 Å². The van der Waals surface area contributed by atoms with E-state index >= 15 is 0 Å². The maximum atomic E-state index is 13.9. The minimum absolute atomic E-state index is 0.0353. The van der Waals surface area contributed by atoms with Gasteiger partial charge in [-0.2, -0.15) is 0 Å². The van der Waals surface area contributed by atoms with Crippen LogP contribution in [-0.2, 0) is 26.3 Å². The summed E-state index contributed by atoms with van der Waals surface area (Å²) >= 11 is 3.55. The Labute approximate surface area is 227 Å². The predicted octanol–water partition coefficient (Wildman–Crippen LogP) is 7.89. The van der Waals surface area contributed by atoms with Crippen molar-refractivity contribution in [1.82, 2.24) is 4.90 Å². The van der Waals surface area contributed by atoms with Gasteiger partial charge in [-0.05, 0) is 51.9 Å². The van der Waals surface area contributed by atoms with Crippen LogP contribution in [0.4, 0.5) is 0 Å². The lowest BCUT2D eigenvalue weighted by Gasteiger charge is -2.22. The second-order valence-electron chi connectivity index (χ2n) is 9.66. The molecule has 0 N–H and O–H groups in total. The molecule has 1 aliphatic heterocycles. The first kappa shape index (κ1) is 25.1. The Morgan fingerprint density at radius 1 is 0.784 bits per heavy atom. The molecule has 0 aliphatic carbocycles. The molecule has 5 heteroatoms. The third-order valence-corrected chi connectivity index (χ3v) is 7.11. The molecule has 1 heterocycles. The molecule has 37 heavy (non-hydrogen) atoms. The SMILES string of the molecule is CC(C)c1cc(C(=O)N2Cc3ccc(Br)cc3C2)c(OCc2ccccc2)cc1OCc1ccccc1. The number of carbonyl (C=O) groups excluding carboxylic acids is 1. The fraction of sp³-hybridized carbons (Fsp3) is 0.219. The van der Waals surface area contributed by atoms with E-state index in [4.69, 9.17) is 9.47 Å². The number of rotatable bonds is 8. The molecule has 0 fully saturated rings. The van der Waals surface area contributed by atoms with Gasteiger partial charge in [0.2, 0.25) is 0 Å². The van der Waals surface area contributed by atoms with Crippen LogP contribution >= 0.6 is 15.9 Å². The number of amides is 1. The molecule has 0 bridgehead atoms. The molecule has 0 saturated heterocycles. The number of carbonyl (C=O) groups is 1. The second kappa shape index (κ2) is 11.2. The van der Waals surface area contributed by atoms with Gasteiger partial charge < -0.3 is 14.4 Å². The largest absolute Gasteiger partial charge is 0.488 e. The summed E-state index contributed by atoms with van der Waals surface area (Å²) in [5, 5.41) is 0. The van der Waals surface area contributed by atoms with E-state index in [1.54, 1.807) is 0 Å². The van der Waals surface area contributed by atoms with Crippen LogP contribution in [0.3, 0.4) is 0 Å². The van der Waals surface area contributed by atoms with Gasteiger partial charge in [-0.15, -0.1) is 0 Å². The Morgan fingerprint density at radius 3 is 2.00 bits per heavy atom. The van der Waals surface area contributed by atoms with Crippen LogP contribution in [0.1, 0.15) is 57.9 Å². The summed E-state index contributed by atoms with van der Waals surface area (Å²) in [5.41, 5.74) is 6.03. The molecule has 4 aromatic rings. The fourth-order valence-electron chi connectivity index (χ4n) is 4.59. The van der Waals surface area contributed by atoms with Crippen molar-refractivity contribution in [1.29, 1.82) is 0 Å². The lowest BCUT2D eigenvalue weighted by molar-refractivity contribution is 0.0746. The average molecular weight is 557 g/mol. The van der Waals surface area contributed by atoms with Crippen LogP contribution < -0.4 is 9.47 Å². The summed E-state index contributed by atoms with van der Waals surface area (Å²) in [6.45, 7) is 6.22. The lowest BCUT2D eigenvalue weighted by Crippen LogP contribution is -2.26. The number of ether oxygens (including phenoxy) is 2. The molecule has 0 saturated carbocycles. The van der Waals surface area contributed by atoms with Crippen molar-refractivity contribution in [2.75, 3.05) is 0 Å². The van der Waals surface area contributed by atoms with Crippen molar-refractivity contribution in [2.45, 2.75) is 46.1 Å². The van der Waals surface area contributed by atoms with E-state index in [1.807, 2.05) is 83.8 Å². The Morgan fingerprint density at radius 2 is 1.38 bits per heavy atom. The molecule has 0 radical (unpaired) electrons. The maximum Gasteiger partial charge on any atom is 0.258 e. The third kappa shape index (κ3) is 5.89. The van der Waals surface area contributed by atoms with Gasteiger partial charge in [-0.3, -0.25) is 4.79 Å². The van der Waals surface area contributed by atoms with Gasteiger partial charge in [0.15, 0.2) is 0 Å². The van der Waals surface area contributed by atoms with Crippen LogP contribution in [0.5, 0.6) is 11.5 Å². The molecule has 0 unspecified atom stereocenters. The van der Waals surface area contributed by atoms with E-state index in [1.165, 1.54) is 11.1 Å². The van der Waals surface area contributed by atoms with Gasteiger partial charge in [-0.25, -0.2) is 0 Å². The second-order valence-corrected chi connectivity index (χ2v) is 10.6. The molecule has 4 nitrogen and oxygen atoms in total. The maximum absolute atomic E-state index is 13.9. The Kier molecular flexibility index (Phi) is 7.61. The first-order valence-corrected chi connectivity index (χ1v) is 13.3. The number of hydrogen-bond donors (Lipinski definition) is 0. The fourth-order valence-corrected chi connectivity index (χ4v) is 5.00. The molecule has 0 atom stereocenters. The minimum atomic E-state index is -0.0353. The first-order chi connectivity index (χ1) is 18.0. The summed E-state index contributed by atoms with van der Waals surface area (Å²) in [6.07, 6.45) is 0. The zero-order valence-electron chi connectivity index (χ0n) is 21.1. The van der Waals surface area contributed by atoms with Crippen LogP contribution in [-0.4, -0.2) is 10.8 Å². The third-order valence-electron chi connectivity index (χ3n) is 6.62. The van der Waals surface area contributed by atoms with E-state index in [0.717, 1.165) is 26.9 Å². The highest BCUT2D eigenvalue weighted by molar-refractivity contribution is 9.10. The Balaban J connectivity index is 1.47. The van der Waals surface area contributed by atoms with E-state index in [-0.39, 0.29) is 11.8 Å². The highest BCUT2D eigenvalue weighted by Crippen LogP contribution is 2.37. The number of benzene rings is 4. The zero-order chi connectivity index (χ0) is 25.8. The number of nitrogens with zero attached hydrogens (tertiary/aromatic N) is 1. The van der Waals surface area contributed by atoms with Crippen LogP contribution in [0, 0.1) is 0 Å². The van der Waals surface area contributed by atoms with Gasteiger partial charge >= 0.3 is 0 Å². The monoisotopic (exact) mass is 555 g/mol. The van der Waals surface area contributed by atoms with Gasteiger partial charge in [0.1, 0.15) is 24.7 Å². The summed E-state index contributed by atoms with van der Waals surface area (Å²) in [6, 6.07) is 30.1. The lowest BCUT2D eigenvalue weighted by atomic mass is 9.98. The van der Waals surface area contributed by atoms with Crippen molar-refractivity contribution in [3.05, 3.63) is 129 Å². The molecule has 5 rings (SSSR count). The molecular formula is C32H30BrNO3. The van der Waals surface area contributed by atoms with Crippen LogP contribution in [0.2, 0.25) is 0 Å². The molecule has 0 spiro atoms. The van der Waals surface area contributed by atoms with E-state index in [9.17, 15) is 4.79 Å². The van der Waals surface area contributed by atoms with Gasteiger partial charge in [0.25, 0.3) is 5.91 Å². The van der Waals surface area contributed by atoms with Gasteiger partial charge in [0, 0.05) is 23.6 Å². The number of hydrogen-bond acceptors (Lipinski definition) is 3. The first-order valence-electron chi connectivity index (χ1n) is 12.6. The summed E-state index contributed by atoms with van der Waals surface area (Å²) in [5.74, 6) is 1.42. The van der Waals surface area contributed by atoms with Crippen molar-refractivity contribution >= 4 is 21.8 Å². The summed E-state index contributed by atoms with van der Waals surface area (Å²) < 4.78 is 13.6. The normalized spacial score (nSPS) is 12.5. The van der Waals surface area contributed by atoms with Crippen molar-refractivity contribution < 1.29 is 14.3 Å². The highest BCUT2D eigenvalue weighted by atomic mass is 79.9. The summed E-state index contributed by atoms with van der Waals surface area (Å²) in [7, 11) is 0. The number of halogens is 1. The van der Waals surface area contributed by atoms with Crippen molar-refractivity contribution in [2.24, 2.45) is 0 Å². The Bertz CT molecular complexity index is 1390. The molecule has 188 valence electrons. The smallest absolute Gasteiger partial charge is 0.258 e. The molecular weight excluding hydrogens is 526 g/mol. The molecule has 0 aromatic heterocycles. The van der Waals surface area contributed by atoms with E-state index in [0.29, 0.717) is 37.6 Å². The quantitative estimate of drug-likeness (QED) is 0.222. The van der Waals surface area contributed by atoms with Crippen molar-refractivity contribution in [3.8, 4) is 11.5 Å². The topological polar surface area (TPSA) is 38.8 Å². The van der Waals surface area contributed by atoms with Crippen LogP contribution in [0.15, 0.2) is 95.5 Å². The predicted molar refractivity (Wildman–Crippen MR) is 150 cm³/mol. The zero-order valence-corrected chi connectivity index (χ0v) is 22.7. The van der Waals surface area contributed by atoms with Crippen LogP contribution in [0.25, 0.3) is 0 Å². The molecule has 1 aliphatic rings. The Hall–Kier alpha value is -3.57. The standard InChI is InChI=1S/C32H30BrNO3/c1-22(2)28-16-29(32(35)34-18-25-13-14-27(33)15-26(25)19-34)31(37-21-24-11-7-4-8-12-24)17-30(28)36-20-23-9-5-3-6-10-23/h3-17,22H,18-21H2,1-2H3.